The highest BCUT2D eigenvalue weighted by atomic mass is 16.2. The maximum absolute atomic E-state index is 12.7. The Morgan fingerprint density at radius 2 is 1.93 bits per heavy atom. The summed E-state index contributed by atoms with van der Waals surface area (Å²) < 4.78 is 0. The van der Waals surface area contributed by atoms with Crippen LogP contribution in [-0.2, 0) is 24.6 Å². The molecule has 7 nitrogen and oxygen atoms in total. The topological polar surface area (TPSA) is 95.6 Å². The molecule has 2 atom stereocenters. The van der Waals surface area contributed by atoms with Crippen molar-refractivity contribution in [3.05, 3.63) is 29.8 Å². The van der Waals surface area contributed by atoms with E-state index >= 15 is 0 Å². The molecule has 162 valence electrons. The van der Waals surface area contributed by atoms with Crippen LogP contribution in [-0.4, -0.2) is 41.6 Å². The molecule has 0 saturated carbocycles. The fourth-order valence-corrected chi connectivity index (χ4v) is 4.47. The number of hydrogen-bond donors (Lipinski definition) is 2. The lowest BCUT2D eigenvalue weighted by molar-refractivity contribution is -0.138. The highest BCUT2D eigenvalue weighted by Crippen LogP contribution is 2.36. The highest BCUT2D eigenvalue weighted by molar-refractivity contribution is 6.03. The second-order valence-electron chi connectivity index (χ2n) is 8.31. The average Bonchev–Trinajstić information content (AvgIpc) is 2.75. The van der Waals surface area contributed by atoms with Gasteiger partial charge in [-0.3, -0.25) is 24.5 Å². The van der Waals surface area contributed by atoms with Crippen molar-refractivity contribution in [1.82, 2.24) is 10.2 Å². The molecule has 2 saturated heterocycles. The van der Waals surface area contributed by atoms with Gasteiger partial charge in [-0.25, -0.2) is 0 Å². The van der Waals surface area contributed by atoms with Gasteiger partial charge in [0.25, 0.3) is 0 Å². The molecule has 3 rings (SSSR count). The van der Waals surface area contributed by atoms with Crippen molar-refractivity contribution < 1.29 is 19.2 Å². The summed E-state index contributed by atoms with van der Waals surface area (Å²) in [4.78, 5) is 50.8. The van der Waals surface area contributed by atoms with E-state index in [0.29, 0.717) is 37.9 Å². The smallest absolute Gasteiger partial charge is 0.237 e. The molecule has 2 N–H and O–H groups in total. The van der Waals surface area contributed by atoms with Crippen molar-refractivity contribution in [2.24, 2.45) is 5.92 Å². The molecule has 2 fully saturated rings. The second kappa shape index (κ2) is 9.41. The van der Waals surface area contributed by atoms with Crippen LogP contribution < -0.4 is 10.6 Å². The monoisotopic (exact) mass is 413 g/mol. The zero-order valence-electron chi connectivity index (χ0n) is 17.8. The number of rotatable bonds is 6. The van der Waals surface area contributed by atoms with Gasteiger partial charge in [-0.15, -0.1) is 0 Å². The Kier molecular flexibility index (Phi) is 6.90. The van der Waals surface area contributed by atoms with Crippen LogP contribution in [0.1, 0.15) is 64.4 Å². The number of piperidine rings is 2. The molecule has 0 bridgehead atoms. The Morgan fingerprint density at radius 3 is 2.57 bits per heavy atom. The number of anilines is 1. The summed E-state index contributed by atoms with van der Waals surface area (Å²) in [5, 5.41) is 5.40. The van der Waals surface area contributed by atoms with E-state index in [2.05, 4.69) is 10.6 Å². The van der Waals surface area contributed by atoms with Crippen LogP contribution in [0.15, 0.2) is 24.3 Å². The Balaban J connectivity index is 1.65. The number of hydrogen-bond acceptors (Lipinski definition) is 4. The molecular weight excluding hydrogens is 382 g/mol. The van der Waals surface area contributed by atoms with E-state index in [-0.39, 0.29) is 29.5 Å². The predicted octanol–water partition coefficient (Wildman–Crippen LogP) is 2.75. The van der Waals surface area contributed by atoms with Crippen LogP contribution in [0.25, 0.3) is 0 Å². The van der Waals surface area contributed by atoms with Gasteiger partial charge < -0.3 is 10.2 Å². The molecular formula is C23H31N3O4. The molecule has 2 heterocycles. The van der Waals surface area contributed by atoms with Crippen molar-refractivity contribution >= 4 is 29.3 Å². The van der Waals surface area contributed by atoms with Gasteiger partial charge in [-0.05, 0) is 49.8 Å². The number of nitrogens with zero attached hydrogens (tertiary/aromatic N) is 1. The zero-order valence-corrected chi connectivity index (χ0v) is 17.8. The van der Waals surface area contributed by atoms with Crippen molar-refractivity contribution in [3.8, 4) is 0 Å². The third-order valence-corrected chi connectivity index (χ3v) is 6.38. The zero-order chi connectivity index (χ0) is 21.7. The SMILES string of the molecule is CCCC(=O)N1CCC[C@@H](C(=O)Nc2ccc([C@@]3(CC)CCC(=O)NC3=O)cc2)C1. The molecule has 0 unspecified atom stereocenters. The van der Waals surface area contributed by atoms with Crippen LogP contribution in [0.5, 0.6) is 0 Å². The summed E-state index contributed by atoms with van der Waals surface area (Å²) in [7, 11) is 0. The van der Waals surface area contributed by atoms with Gasteiger partial charge in [-0.2, -0.15) is 0 Å². The Hall–Kier alpha value is -2.70. The first-order valence-electron chi connectivity index (χ1n) is 10.9. The van der Waals surface area contributed by atoms with Crippen LogP contribution in [0.2, 0.25) is 0 Å². The van der Waals surface area contributed by atoms with Crippen molar-refractivity contribution in [2.45, 2.75) is 64.2 Å². The number of likely N-dealkylation sites (tertiary alicyclic amines) is 1. The maximum atomic E-state index is 12.7. The van der Waals surface area contributed by atoms with E-state index in [4.69, 9.17) is 0 Å². The van der Waals surface area contributed by atoms with E-state index in [9.17, 15) is 19.2 Å². The minimum Gasteiger partial charge on any atom is -0.342 e. The van der Waals surface area contributed by atoms with Crippen LogP contribution in [0, 0.1) is 5.92 Å². The molecule has 0 radical (unpaired) electrons. The molecule has 0 spiro atoms. The summed E-state index contributed by atoms with van der Waals surface area (Å²) in [6.45, 7) is 5.11. The van der Waals surface area contributed by atoms with Crippen LogP contribution in [0.4, 0.5) is 5.69 Å². The number of amides is 4. The summed E-state index contributed by atoms with van der Waals surface area (Å²) in [6.07, 6.45) is 4.35. The lowest BCUT2D eigenvalue weighted by atomic mass is 9.72. The summed E-state index contributed by atoms with van der Waals surface area (Å²) in [5.41, 5.74) is 0.807. The van der Waals surface area contributed by atoms with Gasteiger partial charge in [0.2, 0.25) is 23.6 Å². The third kappa shape index (κ3) is 4.55. The maximum Gasteiger partial charge on any atom is 0.237 e. The average molecular weight is 414 g/mol. The van der Waals surface area contributed by atoms with Gasteiger partial charge >= 0.3 is 0 Å². The van der Waals surface area contributed by atoms with Crippen molar-refractivity contribution in [1.29, 1.82) is 0 Å². The summed E-state index contributed by atoms with van der Waals surface area (Å²) in [6, 6.07) is 7.31. The van der Waals surface area contributed by atoms with Gasteiger partial charge in [0.15, 0.2) is 0 Å². The lowest BCUT2D eigenvalue weighted by Gasteiger charge is -2.35. The quantitative estimate of drug-likeness (QED) is 0.701. The predicted molar refractivity (Wildman–Crippen MR) is 114 cm³/mol. The second-order valence-corrected chi connectivity index (χ2v) is 8.31. The summed E-state index contributed by atoms with van der Waals surface area (Å²) in [5.74, 6) is -0.656. The first-order valence-corrected chi connectivity index (χ1v) is 10.9. The van der Waals surface area contributed by atoms with E-state index in [1.807, 2.05) is 26.0 Å². The van der Waals surface area contributed by atoms with Crippen molar-refractivity contribution in [2.75, 3.05) is 18.4 Å². The normalized spacial score (nSPS) is 24.3. The fraction of sp³-hybridized carbons (Fsp3) is 0.565. The van der Waals surface area contributed by atoms with Crippen LogP contribution >= 0.6 is 0 Å². The molecule has 2 aliphatic heterocycles. The molecule has 0 aliphatic carbocycles. The van der Waals surface area contributed by atoms with Gasteiger partial charge in [0.1, 0.15) is 0 Å². The molecule has 2 aliphatic rings. The van der Waals surface area contributed by atoms with Gasteiger partial charge in [-0.1, -0.05) is 26.0 Å². The Bertz CT molecular complexity index is 820. The minimum absolute atomic E-state index is 0.0806. The highest BCUT2D eigenvalue weighted by Gasteiger charge is 2.42. The number of carbonyl (C=O) groups is 4. The van der Waals surface area contributed by atoms with E-state index in [0.717, 1.165) is 31.4 Å². The first-order chi connectivity index (χ1) is 14.4. The first kappa shape index (κ1) is 22.0. The molecule has 1 aromatic rings. The standard InChI is InChI=1S/C23H31N3O4/c1-3-6-20(28)26-14-5-7-16(15-26)21(29)24-18-10-8-17(9-11-18)23(4-2)13-12-19(27)25-22(23)30/h8-11,16H,3-7,12-15H2,1-2H3,(H,24,29)(H,25,27,30)/t16-,23-/m1/s1. The molecule has 0 aromatic heterocycles. The van der Waals surface area contributed by atoms with Gasteiger partial charge in [0, 0.05) is 31.6 Å². The fourth-order valence-electron chi connectivity index (χ4n) is 4.47. The van der Waals surface area contributed by atoms with Gasteiger partial charge in [0.05, 0.1) is 11.3 Å². The van der Waals surface area contributed by atoms with E-state index in [1.54, 1.807) is 17.0 Å². The number of benzene rings is 1. The third-order valence-electron chi connectivity index (χ3n) is 6.38. The number of imide groups is 1. The Morgan fingerprint density at radius 1 is 1.20 bits per heavy atom. The largest absolute Gasteiger partial charge is 0.342 e. The van der Waals surface area contributed by atoms with Crippen molar-refractivity contribution in [3.63, 3.8) is 0 Å². The molecule has 30 heavy (non-hydrogen) atoms. The molecule has 7 heteroatoms. The van der Waals surface area contributed by atoms with Crippen LogP contribution in [0.3, 0.4) is 0 Å². The minimum atomic E-state index is -0.708. The Labute approximate surface area is 177 Å². The number of carbonyl (C=O) groups excluding carboxylic acids is 4. The number of nitrogens with one attached hydrogen (secondary N) is 2. The lowest BCUT2D eigenvalue weighted by Crippen LogP contribution is -2.51. The van der Waals surface area contributed by atoms with E-state index < -0.39 is 5.41 Å². The summed E-state index contributed by atoms with van der Waals surface area (Å²) >= 11 is 0. The molecule has 1 aromatic carbocycles. The van der Waals surface area contributed by atoms with E-state index in [1.165, 1.54) is 0 Å². The molecule has 4 amide bonds.